The molecule has 4 nitrogen and oxygen atoms in total. The van der Waals surface area contributed by atoms with Gasteiger partial charge >= 0.3 is 0 Å². The van der Waals surface area contributed by atoms with Gasteiger partial charge in [0, 0.05) is 5.02 Å². The molecule has 106 valence electrons. The lowest BCUT2D eigenvalue weighted by atomic mass is 10.2. The Balaban J connectivity index is 2.40. The van der Waals surface area contributed by atoms with Crippen LogP contribution in [0.2, 0.25) is 5.02 Å². The largest absolute Gasteiger partial charge is 0.396 e. The third-order valence-electron chi connectivity index (χ3n) is 2.72. The summed E-state index contributed by atoms with van der Waals surface area (Å²) in [6.45, 7) is 1.74. The van der Waals surface area contributed by atoms with Gasteiger partial charge in [0.2, 0.25) is 0 Å². The Kier molecular flexibility index (Phi) is 3.87. The van der Waals surface area contributed by atoms with Crippen molar-refractivity contribution in [2.24, 2.45) is 0 Å². The Bertz CT molecular complexity index is 763. The van der Waals surface area contributed by atoms with E-state index in [4.69, 9.17) is 17.3 Å². The molecule has 0 heterocycles. The lowest BCUT2D eigenvalue weighted by Gasteiger charge is -2.11. The molecule has 0 aromatic heterocycles. The molecular formula is C13H12ClFN2O2S. The first-order valence-corrected chi connectivity index (χ1v) is 7.50. The molecule has 2 aromatic rings. The maximum Gasteiger partial charge on any atom is 0.261 e. The predicted molar refractivity (Wildman–Crippen MR) is 77.8 cm³/mol. The van der Waals surface area contributed by atoms with Crippen LogP contribution in [0.4, 0.5) is 15.8 Å². The number of sulfonamides is 1. The summed E-state index contributed by atoms with van der Waals surface area (Å²) in [6, 6.07) is 8.07. The van der Waals surface area contributed by atoms with E-state index in [9.17, 15) is 12.8 Å². The van der Waals surface area contributed by atoms with Crippen molar-refractivity contribution in [1.29, 1.82) is 0 Å². The van der Waals surface area contributed by atoms with Crippen LogP contribution in [0.1, 0.15) is 5.56 Å². The fraction of sp³-hybridized carbons (Fsp3) is 0.0769. The van der Waals surface area contributed by atoms with Gasteiger partial charge in [-0.3, -0.25) is 4.72 Å². The van der Waals surface area contributed by atoms with E-state index in [1.807, 2.05) is 0 Å². The molecule has 0 unspecified atom stereocenters. The summed E-state index contributed by atoms with van der Waals surface area (Å²) in [6.07, 6.45) is 0. The van der Waals surface area contributed by atoms with Crippen LogP contribution in [-0.4, -0.2) is 8.42 Å². The highest BCUT2D eigenvalue weighted by Gasteiger charge is 2.16. The summed E-state index contributed by atoms with van der Waals surface area (Å²) in [5.74, 6) is -0.664. The Morgan fingerprint density at radius 2 is 1.90 bits per heavy atom. The molecule has 0 radical (unpaired) electrons. The van der Waals surface area contributed by atoms with Gasteiger partial charge in [0.1, 0.15) is 5.82 Å². The second kappa shape index (κ2) is 5.30. The zero-order valence-corrected chi connectivity index (χ0v) is 12.1. The third kappa shape index (κ3) is 3.02. The molecule has 2 aromatic carbocycles. The highest BCUT2D eigenvalue weighted by Crippen LogP contribution is 2.24. The first-order chi connectivity index (χ1) is 9.29. The molecule has 0 atom stereocenters. The lowest BCUT2D eigenvalue weighted by Crippen LogP contribution is -2.14. The topological polar surface area (TPSA) is 72.2 Å². The van der Waals surface area contributed by atoms with Crippen molar-refractivity contribution in [3.05, 3.63) is 52.8 Å². The van der Waals surface area contributed by atoms with Gasteiger partial charge in [0.05, 0.1) is 16.3 Å². The number of nitrogen functional groups attached to an aromatic ring is 1. The van der Waals surface area contributed by atoms with E-state index in [1.165, 1.54) is 6.07 Å². The molecule has 0 aliphatic carbocycles. The van der Waals surface area contributed by atoms with Crippen molar-refractivity contribution in [2.45, 2.75) is 11.8 Å². The fourth-order valence-electron chi connectivity index (χ4n) is 1.60. The van der Waals surface area contributed by atoms with E-state index >= 15 is 0 Å². The van der Waals surface area contributed by atoms with Gasteiger partial charge in [-0.1, -0.05) is 17.7 Å². The number of anilines is 2. The molecule has 7 heteroatoms. The standard InChI is InChI=1S/C13H12ClFN2O2S/c1-8-2-3-9(14)6-13(8)17-20(18,19)10-4-5-11(15)12(16)7-10/h2-7,17H,16H2,1H3. The Morgan fingerprint density at radius 3 is 2.55 bits per heavy atom. The molecule has 0 fully saturated rings. The number of rotatable bonds is 3. The number of hydrogen-bond acceptors (Lipinski definition) is 3. The predicted octanol–water partition coefficient (Wildman–Crippen LogP) is 3.17. The van der Waals surface area contributed by atoms with E-state index in [-0.39, 0.29) is 10.6 Å². The van der Waals surface area contributed by atoms with E-state index in [0.29, 0.717) is 16.3 Å². The molecule has 2 rings (SSSR count). The number of halogens is 2. The Labute approximate surface area is 121 Å². The first kappa shape index (κ1) is 14.6. The number of benzene rings is 2. The minimum Gasteiger partial charge on any atom is -0.396 e. The van der Waals surface area contributed by atoms with Crippen molar-refractivity contribution in [3.63, 3.8) is 0 Å². The van der Waals surface area contributed by atoms with Crippen LogP contribution in [0, 0.1) is 12.7 Å². The fourth-order valence-corrected chi connectivity index (χ4v) is 2.93. The van der Waals surface area contributed by atoms with E-state index in [1.54, 1.807) is 19.1 Å². The second-order valence-electron chi connectivity index (χ2n) is 4.25. The Morgan fingerprint density at radius 1 is 1.20 bits per heavy atom. The van der Waals surface area contributed by atoms with Gasteiger partial charge in [-0.05, 0) is 42.8 Å². The molecule has 0 saturated heterocycles. The van der Waals surface area contributed by atoms with Gasteiger partial charge in [0.25, 0.3) is 10.0 Å². The number of aryl methyl sites for hydroxylation is 1. The van der Waals surface area contributed by atoms with Gasteiger partial charge in [-0.25, -0.2) is 12.8 Å². The van der Waals surface area contributed by atoms with Gasteiger partial charge in [-0.2, -0.15) is 0 Å². The number of nitrogens with two attached hydrogens (primary N) is 1. The molecular weight excluding hydrogens is 303 g/mol. The van der Waals surface area contributed by atoms with Crippen LogP contribution < -0.4 is 10.5 Å². The van der Waals surface area contributed by atoms with Crippen LogP contribution in [0.15, 0.2) is 41.3 Å². The zero-order valence-electron chi connectivity index (χ0n) is 10.5. The normalized spacial score (nSPS) is 11.3. The molecule has 0 saturated carbocycles. The summed E-state index contributed by atoms with van der Waals surface area (Å²) in [5, 5.41) is 0.409. The molecule has 0 aliphatic heterocycles. The smallest absolute Gasteiger partial charge is 0.261 e. The minimum atomic E-state index is -3.85. The molecule has 0 amide bonds. The van der Waals surface area contributed by atoms with Crippen LogP contribution in [0.25, 0.3) is 0 Å². The quantitative estimate of drug-likeness (QED) is 0.855. The van der Waals surface area contributed by atoms with E-state index in [2.05, 4.69) is 4.72 Å². The molecule has 0 spiro atoms. The molecule has 20 heavy (non-hydrogen) atoms. The van der Waals surface area contributed by atoms with Crippen LogP contribution in [0.5, 0.6) is 0 Å². The highest BCUT2D eigenvalue weighted by atomic mass is 35.5. The molecule has 0 aliphatic rings. The van der Waals surface area contributed by atoms with Crippen molar-refractivity contribution in [1.82, 2.24) is 0 Å². The average molecular weight is 315 g/mol. The van der Waals surface area contributed by atoms with E-state index in [0.717, 1.165) is 18.2 Å². The average Bonchev–Trinajstić information content (AvgIpc) is 2.36. The summed E-state index contributed by atoms with van der Waals surface area (Å²) in [5.41, 5.74) is 6.23. The summed E-state index contributed by atoms with van der Waals surface area (Å²) in [4.78, 5) is -0.115. The van der Waals surface area contributed by atoms with E-state index < -0.39 is 15.8 Å². The van der Waals surface area contributed by atoms with Crippen molar-refractivity contribution >= 4 is 33.0 Å². The van der Waals surface area contributed by atoms with Crippen molar-refractivity contribution in [3.8, 4) is 0 Å². The second-order valence-corrected chi connectivity index (χ2v) is 6.37. The lowest BCUT2D eigenvalue weighted by molar-refractivity contribution is 0.600. The minimum absolute atomic E-state index is 0.115. The maximum absolute atomic E-state index is 13.1. The number of nitrogens with one attached hydrogen (secondary N) is 1. The van der Waals surface area contributed by atoms with Crippen LogP contribution >= 0.6 is 11.6 Å². The SMILES string of the molecule is Cc1ccc(Cl)cc1NS(=O)(=O)c1ccc(F)c(N)c1. The van der Waals surface area contributed by atoms with Crippen LogP contribution in [-0.2, 0) is 10.0 Å². The van der Waals surface area contributed by atoms with Gasteiger partial charge < -0.3 is 5.73 Å². The van der Waals surface area contributed by atoms with Crippen molar-refractivity contribution < 1.29 is 12.8 Å². The molecule has 3 N–H and O–H groups in total. The molecule has 0 bridgehead atoms. The monoisotopic (exact) mass is 314 g/mol. The van der Waals surface area contributed by atoms with Gasteiger partial charge in [0.15, 0.2) is 0 Å². The zero-order chi connectivity index (χ0) is 14.9. The summed E-state index contributed by atoms with van der Waals surface area (Å²) >= 11 is 5.83. The maximum atomic E-state index is 13.1. The highest BCUT2D eigenvalue weighted by molar-refractivity contribution is 7.92. The first-order valence-electron chi connectivity index (χ1n) is 5.63. The van der Waals surface area contributed by atoms with Crippen LogP contribution in [0.3, 0.4) is 0 Å². The third-order valence-corrected chi connectivity index (χ3v) is 4.32. The Hall–Kier alpha value is -1.79. The summed E-state index contributed by atoms with van der Waals surface area (Å²) < 4.78 is 39.9. The summed E-state index contributed by atoms with van der Waals surface area (Å²) in [7, 11) is -3.85. The van der Waals surface area contributed by atoms with Crippen molar-refractivity contribution in [2.75, 3.05) is 10.5 Å². The van der Waals surface area contributed by atoms with Gasteiger partial charge in [-0.15, -0.1) is 0 Å². The number of hydrogen-bond donors (Lipinski definition) is 2.